The maximum absolute atomic E-state index is 2.53. The van der Waals surface area contributed by atoms with E-state index in [1.54, 1.807) is 22.7 Å². The van der Waals surface area contributed by atoms with Gasteiger partial charge in [-0.2, -0.15) is 0 Å². The van der Waals surface area contributed by atoms with Gasteiger partial charge in [-0.15, -0.1) is 0 Å². The van der Waals surface area contributed by atoms with Crippen LogP contribution in [0.15, 0.2) is 43.2 Å². The van der Waals surface area contributed by atoms with Crippen molar-refractivity contribution >= 4 is 3.81 Å². The number of hydrogen-bond acceptors (Lipinski definition) is 0. The molecule has 122 valence electrons. The molecule has 0 heterocycles. The molecule has 0 saturated carbocycles. The van der Waals surface area contributed by atoms with Gasteiger partial charge in [0, 0.05) is 0 Å². The molecule has 0 N–H and O–H groups in total. The van der Waals surface area contributed by atoms with Gasteiger partial charge in [0.1, 0.15) is 0 Å². The first kappa shape index (κ1) is 22.1. The minimum absolute atomic E-state index is 0. The SMILES string of the molecule is CCC1=CC(C)[C]([Ti+2]([C]2=CC(CC)=CC2C)=[C](C)C)=C1.[Cl-].[Cl-]. The van der Waals surface area contributed by atoms with E-state index in [4.69, 9.17) is 0 Å². The molecule has 0 spiro atoms. The molecule has 0 amide bonds. The predicted molar refractivity (Wildman–Crippen MR) is 87.6 cm³/mol. The molecule has 0 bridgehead atoms. The average Bonchev–Trinajstić information content (AvgIpc) is 2.94. The van der Waals surface area contributed by atoms with E-state index in [-0.39, 0.29) is 24.8 Å². The van der Waals surface area contributed by atoms with Gasteiger partial charge in [0.05, 0.1) is 0 Å². The van der Waals surface area contributed by atoms with Crippen molar-refractivity contribution in [3.8, 4) is 0 Å². The van der Waals surface area contributed by atoms with Gasteiger partial charge in [-0.1, -0.05) is 0 Å². The molecule has 2 aliphatic carbocycles. The van der Waals surface area contributed by atoms with Crippen LogP contribution in [0.5, 0.6) is 0 Å². The van der Waals surface area contributed by atoms with Crippen LogP contribution in [-0.4, -0.2) is 3.81 Å². The summed E-state index contributed by atoms with van der Waals surface area (Å²) in [4.78, 5) is 0. The van der Waals surface area contributed by atoms with Crippen molar-refractivity contribution in [3.05, 3.63) is 43.2 Å². The number of halogens is 2. The molecule has 0 aromatic carbocycles. The Labute approximate surface area is 155 Å². The van der Waals surface area contributed by atoms with E-state index in [1.165, 1.54) is 12.8 Å². The molecule has 2 atom stereocenters. The Hall–Kier alpha value is 0.124. The van der Waals surface area contributed by atoms with Crippen LogP contribution in [0.1, 0.15) is 54.4 Å². The zero-order valence-electron chi connectivity index (χ0n) is 14.6. The van der Waals surface area contributed by atoms with Gasteiger partial charge in [-0.05, 0) is 0 Å². The Morgan fingerprint density at radius 1 is 0.864 bits per heavy atom. The van der Waals surface area contributed by atoms with Crippen molar-refractivity contribution < 1.29 is 42.2 Å². The molecule has 2 aliphatic rings. The summed E-state index contributed by atoms with van der Waals surface area (Å²) in [5.41, 5.74) is 3.10. The predicted octanol–water partition coefficient (Wildman–Crippen LogP) is -0.435. The summed E-state index contributed by atoms with van der Waals surface area (Å²) >= 11 is -1.42. The van der Waals surface area contributed by atoms with Crippen molar-refractivity contribution in [1.29, 1.82) is 0 Å². The number of rotatable bonds is 4. The summed E-state index contributed by atoms with van der Waals surface area (Å²) in [6.07, 6.45) is 12.4. The first-order valence-corrected chi connectivity index (χ1v) is 10.3. The molecule has 2 unspecified atom stereocenters. The van der Waals surface area contributed by atoms with Crippen LogP contribution >= 0.6 is 0 Å². The molecule has 0 aromatic heterocycles. The van der Waals surface area contributed by atoms with Gasteiger partial charge in [0.2, 0.25) is 0 Å². The molecule has 0 nitrogen and oxygen atoms in total. The monoisotopic (exact) mass is 374 g/mol. The summed E-state index contributed by atoms with van der Waals surface area (Å²) in [6.45, 7) is 14.1. The van der Waals surface area contributed by atoms with E-state index >= 15 is 0 Å². The Kier molecular flexibility index (Phi) is 9.48. The largest absolute Gasteiger partial charge is 1.00 e. The second-order valence-corrected chi connectivity index (χ2v) is 10.9. The van der Waals surface area contributed by atoms with E-state index in [2.05, 4.69) is 65.8 Å². The third-order valence-electron chi connectivity index (χ3n) is 4.48. The zero-order chi connectivity index (χ0) is 14.9. The summed E-state index contributed by atoms with van der Waals surface area (Å²) < 4.78 is 5.23. The summed E-state index contributed by atoms with van der Waals surface area (Å²) in [5, 5.41) is 0. The van der Waals surface area contributed by atoms with Crippen molar-refractivity contribution in [2.45, 2.75) is 54.4 Å². The van der Waals surface area contributed by atoms with Gasteiger partial charge >= 0.3 is 131 Å². The standard InChI is InChI=1S/2C8H11.C3H6.2ClH.Ti/c2*1-3-8-5-4-7(2)6-8;1-3-2;;;/h2*5-7H,3H2,1-2H3;1-2H3;2*1H;/q;;;;;+2/p-2. The van der Waals surface area contributed by atoms with Crippen LogP contribution in [0.3, 0.4) is 0 Å². The molecule has 0 fully saturated rings. The maximum Gasteiger partial charge on any atom is -1.00 e. The normalized spacial score (nSPS) is 22.4. The van der Waals surface area contributed by atoms with Gasteiger partial charge < -0.3 is 24.8 Å². The molecule has 2 rings (SSSR count). The number of hydrogen-bond donors (Lipinski definition) is 0. The van der Waals surface area contributed by atoms with Crippen molar-refractivity contribution in [2.75, 3.05) is 0 Å². The summed E-state index contributed by atoms with van der Waals surface area (Å²) in [6, 6.07) is 0. The fourth-order valence-electron chi connectivity index (χ4n) is 3.36. The zero-order valence-corrected chi connectivity index (χ0v) is 17.7. The molecule has 3 heteroatoms. The van der Waals surface area contributed by atoms with E-state index in [9.17, 15) is 0 Å². The van der Waals surface area contributed by atoms with Crippen LogP contribution in [0.4, 0.5) is 0 Å². The van der Waals surface area contributed by atoms with E-state index in [1.807, 2.05) is 0 Å². The number of allylic oxidation sites excluding steroid dienone is 8. The molecule has 0 aliphatic heterocycles. The van der Waals surface area contributed by atoms with Crippen LogP contribution < -0.4 is 24.8 Å². The summed E-state index contributed by atoms with van der Waals surface area (Å²) in [5.74, 6) is 1.32. The Morgan fingerprint density at radius 3 is 1.45 bits per heavy atom. The van der Waals surface area contributed by atoms with Crippen LogP contribution in [-0.2, 0) is 17.4 Å². The van der Waals surface area contributed by atoms with Crippen LogP contribution in [0.2, 0.25) is 0 Å². The van der Waals surface area contributed by atoms with Gasteiger partial charge in [-0.3, -0.25) is 0 Å². The first-order valence-electron chi connectivity index (χ1n) is 8.00. The topological polar surface area (TPSA) is 0 Å². The minimum atomic E-state index is -1.42. The molecular weight excluding hydrogens is 347 g/mol. The summed E-state index contributed by atoms with van der Waals surface area (Å²) in [7, 11) is 0. The van der Waals surface area contributed by atoms with E-state index in [0.717, 1.165) is 0 Å². The molecule has 0 radical (unpaired) electrons. The molecule has 22 heavy (non-hydrogen) atoms. The Balaban J connectivity index is 0.00000220. The molecule has 0 aromatic rings. The van der Waals surface area contributed by atoms with Crippen molar-refractivity contribution in [3.63, 3.8) is 0 Å². The average molecular weight is 375 g/mol. The van der Waals surface area contributed by atoms with Gasteiger partial charge in [0.25, 0.3) is 0 Å². The smallest absolute Gasteiger partial charge is 1.00 e. The second kappa shape index (κ2) is 9.43. The second-order valence-electron chi connectivity index (χ2n) is 6.34. The quantitative estimate of drug-likeness (QED) is 0.585. The third-order valence-corrected chi connectivity index (χ3v) is 9.72. The fourth-order valence-corrected chi connectivity index (χ4v) is 8.40. The Bertz CT molecular complexity index is 514. The maximum atomic E-state index is 2.53. The van der Waals surface area contributed by atoms with Crippen LogP contribution in [0.25, 0.3) is 0 Å². The minimum Gasteiger partial charge on any atom is -1.00 e. The van der Waals surface area contributed by atoms with Crippen molar-refractivity contribution in [2.24, 2.45) is 11.8 Å². The Morgan fingerprint density at radius 2 is 1.23 bits per heavy atom. The van der Waals surface area contributed by atoms with Gasteiger partial charge in [0.15, 0.2) is 0 Å². The van der Waals surface area contributed by atoms with E-state index < -0.39 is 17.4 Å². The third kappa shape index (κ3) is 4.57. The first-order chi connectivity index (χ1) is 9.47. The van der Waals surface area contributed by atoms with E-state index in [0.29, 0.717) is 11.8 Å². The van der Waals surface area contributed by atoms with Crippen molar-refractivity contribution in [1.82, 2.24) is 0 Å². The molecule has 0 saturated heterocycles. The molecular formula is C19H28Cl2Ti. The fraction of sp³-hybridized carbons (Fsp3) is 0.526. The van der Waals surface area contributed by atoms with Crippen LogP contribution in [0, 0.1) is 11.8 Å². The van der Waals surface area contributed by atoms with Gasteiger partial charge in [-0.25, -0.2) is 0 Å².